The summed E-state index contributed by atoms with van der Waals surface area (Å²) in [5.41, 5.74) is 0. The van der Waals surface area contributed by atoms with Crippen LogP contribution in [0.25, 0.3) is 0 Å². The van der Waals surface area contributed by atoms with Crippen LogP contribution in [0, 0.1) is 0 Å². The topological polar surface area (TPSA) is 83.5 Å². The minimum Gasteiger partial charge on any atom is -0.481 e. The van der Waals surface area contributed by atoms with Gasteiger partial charge in [0.2, 0.25) is 5.91 Å². The zero-order chi connectivity index (χ0) is 14.5. The Morgan fingerprint density at radius 3 is 2.26 bits per heavy atom. The first-order chi connectivity index (χ1) is 9.02. The number of nitrogens with one attached hydrogen (secondary N) is 1. The first-order valence-electron chi connectivity index (χ1n) is 6.24. The van der Waals surface area contributed by atoms with Crippen LogP contribution < -0.4 is 5.32 Å². The molecule has 0 aliphatic heterocycles. The van der Waals surface area contributed by atoms with E-state index in [1.807, 2.05) is 0 Å². The molecule has 0 aromatic carbocycles. The van der Waals surface area contributed by atoms with Gasteiger partial charge in [-0.15, -0.1) is 0 Å². The van der Waals surface area contributed by atoms with Crippen LogP contribution in [0.1, 0.15) is 39.0 Å². The highest BCUT2D eigenvalue weighted by Crippen LogP contribution is 2.21. The third kappa shape index (κ3) is 15.3. The third-order valence-corrected chi connectivity index (χ3v) is 4.67. The summed E-state index contributed by atoms with van der Waals surface area (Å²) in [6, 6.07) is 0. The average Bonchev–Trinajstić information content (AvgIpc) is 2.31. The van der Waals surface area contributed by atoms with Gasteiger partial charge in [0, 0.05) is 44.2 Å². The number of carbonyl (C=O) groups is 3. The summed E-state index contributed by atoms with van der Waals surface area (Å²) in [5, 5.41) is 11.1. The summed E-state index contributed by atoms with van der Waals surface area (Å²) in [6.07, 6.45) is 2.22. The van der Waals surface area contributed by atoms with Crippen molar-refractivity contribution in [1.82, 2.24) is 5.32 Å². The highest BCUT2D eigenvalue weighted by Gasteiger charge is 2.04. The van der Waals surface area contributed by atoms with E-state index in [0.717, 1.165) is 17.9 Å². The predicted molar refractivity (Wildman–Crippen MR) is 79.3 cm³/mol. The summed E-state index contributed by atoms with van der Waals surface area (Å²) in [4.78, 5) is 32.2. The Morgan fingerprint density at radius 1 is 1.00 bits per heavy atom. The van der Waals surface area contributed by atoms with Crippen LogP contribution in [0.2, 0.25) is 0 Å². The molecule has 0 atom stereocenters. The van der Waals surface area contributed by atoms with E-state index in [-0.39, 0.29) is 18.1 Å². The lowest BCUT2D eigenvalue weighted by Gasteiger charge is -2.02. The number of ketones is 1. The molecule has 0 aliphatic carbocycles. The van der Waals surface area contributed by atoms with Crippen molar-refractivity contribution in [2.24, 2.45) is 0 Å². The Morgan fingerprint density at radius 2 is 1.63 bits per heavy atom. The van der Waals surface area contributed by atoms with E-state index in [2.05, 4.69) is 5.32 Å². The number of hydrogen-bond acceptors (Lipinski definition) is 5. The minimum atomic E-state index is -0.848. The highest BCUT2D eigenvalue weighted by atomic mass is 33.1. The van der Waals surface area contributed by atoms with Gasteiger partial charge in [-0.3, -0.25) is 14.4 Å². The lowest BCUT2D eigenvalue weighted by Crippen LogP contribution is -2.22. The van der Waals surface area contributed by atoms with Crippen molar-refractivity contribution in [2.75, 3.05) is 18.1 Å². The Kier molecular flexibility index (Phi) is 11.9. The second-order valence-electron chi connectivity index (χ2n) is 4.02. The molecule has 0 spiro atoms. The van der Waals surface area contributed by atoms with Gasteiger partial charge >= 0.3 is 5.97 Å². The van der Waals surface area contributed by atoms with Crippen molar-refractivity contribution in [3.05, 3.63) is 0 Å². The number of hydrogen-bond donors (Lipinski definition) is 2. The van der Waals surface area contributed by atoms with Gasteiger partial charge in [0.25, 0.3) is 0 Å². The largest absolute Gasteiger partial charge is 0.481 e. The normalized spacial score (nSPS) is 10.2. The molecule has 7 heteroatoms. The molecule has 0 aromatic heterocycles. The molecule has 1 amide bonds. The van der Waals surface area contributed by atoms with E-state index < -0.39 is 5.97 Å². The zero-order valence-electron chi connectivity index (χ0n) is 11.1. The molecule has 0 aliphatic rings. The number of amides is 1. The maximum Gasteiger partial charge on any atom is 0.303 e. The highest BCUT2D eigenvalue weighted by molar-refractivity contribution is 8.76. The van der Waals surface area contributed by atoms with Gasteiger partial charge in [-0.05, 0) is 12.8 Å². The lowest BCUT2D eigenvalue weighted by atomic mass is 10.1. The maximum absolute atomic E-state index is 11.4. The first kappa shape index (κ1) is 18.3. The van der Waals surface area contributed by atoms with Crippen LogP contribution in [-0.2, 0) is 14.4 Å². The number of aliphatic carboxylic acids is 1. The average molecular weight is 307 g/mol. The summed E-state index contributed by atoms with van der Waals surface area (Å²) in [7, 11) is 3.38. The first-order valence-corrected chi connectivity index (χ1v) is 8.73. The fourth-order valence-electron chi connectivity index (χ4n) is 1.28. The quantitative estimate of drug-likeness (QED) is 0.424. The van der Waals surface area contributed by atoms with Gasteiger partial charge in [0.15, 0.2) is 0 Å². The van der Waals surface area contributed by atoms with E-state index in [1.165, 1.54) is 6.92 Å². The van der Waals surface area contributed by atoms with Crippen LogP contribution in [0.5, 0.6) is 0 Å². The van der Waals surface area contributed by atoms with Gasteiger partial charge < -0.3 is 10.4 Å². The van der Waals surface area contributed by atoms with Crippen LogP contribution in [-0.4, -0.2) is 40.8 Å². The third-order valence-electron chi connectivity index (χ3n) is 2.17. The number of carboxylic acids is 1. The molecule has 110 valence electrons. The van der Waals surface area contributed by atoms with E-state index in [1.54, 1.807) is 21.6 Å². The Hall–Kier alpha value is -0.690. The van der Waals surface area contributed by atoms with Gasteiger partial charge in [-0.2, -0.15) is 0 Å². The molecule has 19 heavy (non-hydrogen) atoms. The molecular formula is C12H21NO4S2. The summed E-state index contributed by atoms with van der Waals surface area (Å²) in [5.74, 6) is 1.04. The standard InChI is InChI=1S/C12H21NO4S2/c1-10(14)13-7-9-19-18-8-3-5-11(15)4-2-6-12(16)17/h2-9H2,1H3,(H,13,14)(H,16,17). The van der Waals surface area contributed by atoms with Crippen molar-refractivity contribution in [3.8, 4) is 0 Å². The van der Waals surface area contributed by atoms with E-state index in [0.29, 0.717) is 25.8 Å². The Bertz CT molecular complexity index is 297. The number of carbonyl (C=O) groups excluding carboxylic acids is 2. The fourth-order valence-corrected chi connectivity index (χ4v) is 3.27. The predicted octanol–water partition coefficient (Wildman–Crippen LogP) is 2.11. The number of Topliss-reactive ketones (excluding diaryl/α,β-unsaturated/α-hetero) is 1. The van der Waals surface area contributed by atoms with Gasteiger partial charge in [0.05, 0.1) is 0 Å². The van der Waals surface area contributed by atoms with Crippen molar-refractivity contribution in [2.45, 2.75) is 39.0 Å². The second-order valence-corrected chi connectivity index (χ2v) is 6.72. The SMILES string of the molecule is CC(=O)NCCSSCCCC(=O)CCCC(=O)O. The monoisotopic (exact) mass is 307 g/mol. The molecular weight excluding hydrogens is 286 g/mol. The van der Waals surface area contributed by atoms with E-state index in [4.69, 9.17) is 5.11 Å². The molecule has 0 heterocycles. The van der Waals surface area contributed by atoms with Crippen molar-refractivity contribution in [3.63, 3.8) is 0 Å². The van der Waals surface area contributed by atoms with Gasteiger partial charge in [0.1, 0.15) is 5.78 Å². The van der Waals surface area contributed by atoms with Gasteiger partial charge in [-0.25, -0.2) is 0 Å². The molecule has 0 saturated heterocycles. The van der Waals surface area contributed by atoms with Crippen molar-refractivity contribution >= 4 is 39.2 Å². The fraction of sp³-hybridized carbons (Fsp3) is 0.750. The second kappa shape index (κ2) is 12.3. The van der Waals surface area contributed by atoms with Crippen LogP contribution in [0.15, 0.2) is 0 Å². The van der Waals surface area contributed by atoms with Crippen LogP contribution >= 0.6 is 21.6 Å². The Labute approximate surface area is 121 Å². The Balaban J connectivity index is 3.23. The molecule has 0 radical (unpaired) electrons. The lowest BCUT2D eigenvalue weighted by molar-refractivity contribution is -0.137. The van der Waals surface area contributed by atoms with E-state index >= 15 is 0 Å². The zero-order valence-corrected chi connectivity index (χ0v) is 12.8. The molecule has 0 unspecified atom stereocenters. The number of rotatable bonds is 12. The van der Waals surface area contributed by atoms with E-state index in [9.17, 15) is 14.4 Å². The molecule has 5 nitrogen and oxygen atoms in total. The molecule has 0 fully saturated rings. The summed E-state index contributed by atoms with van der Waals surface area (Å²) < 4.78 is 0. The molecule has 0 rings (SSSR count). The summed E-state index contributed by atoms with van der Waals surface area (Å²) >= 11 is 0. The summed E-state index contributed by atoms with van der Waals surface area (Å²) in [6.45, 7) is 2.16. The van der Waals surface area contributed by atoms with Gasteiger partial charge in [-0.1, -0.05) is 21.6 Å². The molecule has 0 bridgehead atoms. The molecule has 0 aromatic rings. The molecule has 2 N–H and O–H groups in total. The van der Waals surface area contributed by atoms with Crippen molar-refractivity contribution < 1.29 is 19.5 Å². The van der Waals surface area contributed by atoms with Crippen LogP contribution in [0.4, 0.5) is 0 Å². The smallest absolute Gasteiger partial charge is 0.303 e. The maximum atomic E-state index is 11.4. The molecule has 0 saturated carbocycles. The number of carboxylic acid groups (broad SMARTS) is 1. The van der Waals surface area contributed by atoms with Crippen LogP contribution in [0.3, 0.4) is 0 Å². The van der Waals surface area contributed by atoms with Crippen molar-refractivity contribution in [1.29, 1.82) is 0 Å². The minimum absolute atomic E-state index is 0.0162.